The molecule has 2 fully saturated rings. The summed E-state index contributed by atoms with van der Waals surface area (Å²) in [6.07, 6.45) is 7.93. The second-order valence-corrected chi connectivity index (χ2v) is 19.4. The first-order chi connectivity index (χ1) is 27.5. The Balaban J connectivity index is 1.68. The zero-order valence-electron chi connectivity index (χ0n) is 37.7. The van der Waals surface area contributed by atoms with E-state index in [2.05, 4.69) is 24.5 Å². The van der Waals surface area contributed by atoms with E-state index in [1.54, 1.807) is 39.5 Å². The number of alkyl carbamates (subject to hydrolysis) is 1. The van der Waals surface area contributed by atoms with Crippen LogP contribution in [0.15, 0.2) is 42.5 Å². The van der Waals surface area contributed by atoms with Crippen molar-refractivity contribution in [3.05, 3.63) is 48.0 Å². The van der Waals surface area contributed by atoms with Crippen molar-refractivity contribution in [3.8, 4) is 0 Å². The third kappa shape index (κ3) is 16.5. The van der Waals surface area contributed by atoms with Gasteiger partial charge in [0.25, 0.3) is 0 Å². The third-order valence-electron chi connectivity index (χ3n) is 10.7. The number of likely N-dealkylation sites (tertiary alicyclic amines) is 1. The maximum Gasteiger partial charge on any atom is 0.408 e. The van der Waals surface area contributed by atoms with Crippen LogP contribution in [0.5, 0.6) is 0 Å². The molecule has 0 radical (unpaired) electrons. The average molecular weight is 827 g/mol. The molecule has 1 aromatic carbocycles. The van der Waals surface area contributed by atoms with Gasteiger partial charge in [-0.15, -0.1) is 0 Å². The molecule has 0 aromatic heterocycles. The summed E-state index contributed by atoms with van der Waals surface area (Å²) >= 11 is 0. The van der Waals surface area contributed by atoms with Crippen LogP contribution < -0.4 is 10.6 Å². The van der Waals surface area contributed by atoms with Crippen molar-refractivity contribution in [1.29, 1.82) is 0 Å². The lowest BCUT2D eigenvalue weighted by molar-refractivity contribution is -0.259. The van der Waals surface area contributed by atoms with E-state index in [-0.39, 0.29) is 42.5 Å². The zero-order chi connectivity index (χ0) is 44.1. The van der Waals surface area contributed by atoms with E-state index in [9.17, 15) is 29.2 Å². The van der Waals surface area contributed by atoms with Gasteiger partial charge in [-0.2, -0.15) is 5.06 Å². The standard InChI is InChI=1S/C46H74N4O9/c1-31(2)27-35(47-43(55)59-44(5,6)7)25-24-34(28-33-19-14-12-15-20-33)41(53)49-26-18-22-38(49)40(52)48-37(42(54)57-32(3)4)21-16-13-17-23-39(51)58-36-29-45(8,9)50(56)46(10,11)30-36/h12,14-15,19-20,24-25,31-32,34-38,56H,13,16-18,21-23,26-30H2,1-11H3,(H,47,55)(H,48,52)/b25-24+/t34-,35-,37-,38+/m1/s1. The monoisotopic (exact) mass is 827 g/mol. The summed E-state index contributed by atoms with van der Waals surface area (Å²) in [6, 6.07) is 7.62. The highest BCUT2D eigenvalue weighted by atomic mass is 16.6. The largest absolute Gasteiger partial charge is 0.462 e. The van der Waals surface area contributed by atoms with Crippen molar-refractivity contribution < 1.29 is 43.4 Å². The first kappa shape index (κ1) is 49.4. The number of carbonyl (C=O) groups excluding carboxylic acids is 5. The molecule has 13 nitrogen and oxygen atoms in total. The minimum atomic E-state index is -0.918. The fraction of sp³-hybridized carbons (Fsp3) is 0.717. The molecule has 0 unspecified atom stereocenters. The van der Waals surface area contributed by atoms with Crippen molar-refractivity contribution in [3.63, 3.8) is 0 Å². The number of carbonyl (C=O) groups is 5. The average Bonchev–Trinajstić information content (AvgIpc) is 3.60. The summed E-state index contributed by atoms with van der Waals surface area (Å²) in [5.74, 6) is -1.80. The fourth-order valence-corrected chi connectivity index (χ4v) is 8.18. The number of rotatable bonds is 19. The molecule has 1 aromatic rings. The molecule has 0 bridgehead atoms. The van der Waals surface area contributed by atoms with Crippen LogP contribution in [0.3, 0.4) is 0 Å². The maximum absolute atomic E-state index is 14.4. The van der Waals surface area contributed by atoms with Gasteiger partial charge in [0.2, 0.25) is 11.8 Å². The number of nitrogens with one attached hydrogen (secondary N) is 2. The van der Waals surface area contributed by atoms with Crippen LogP contribution in [0.4, 0.5) is 4.79 Å². The maximum atomic E-state index is 14.4. The molecular weight excluding hydrogens is 753 g/mol. The predicted octanol–water partition coefficient (Wildman–Crippen LogP) is 7.67. The Bertz CT molecular complexity index is 1550. The summed E-state index contributed by atoms with van der Waals surface area (Å²) < 4.78 is 16.9. The van der Waals surface area contributed by atoms with Crippen molar-refractivity contribution in [1.82, 2.24) is 20.6 Å². The predicted molar refractivity (Wildman–Crippen MR) is 227 cm³/mol. The third-order valence-corrected chi connectivity index (χ3v) is 10.7. The summed E-state index contributed by atoms with van der Waals surface area (Å²) in [6.45, 7) is 21.1. The Kier molecular flexibility index (Phi) is 18.5. The summed E-state index contributed by atoms with van der Waals surface area (Å²) in [4.78, 5) is 68.8. The van der Waals surface area contributed by atoms with Crippen LogP contribution in [0.25, 0.3) is 0 Å². The van der Waals surface area contributed by atoms with Crippen LogP contribution in [0, 0.1) is 11.8 Å². The van der Waals surface area contributed by atoms with Gasteiger partial charge >= 0.3 is 18.0 Å². The van der Waals surface area contributed by atoms with Crippen LogP contribution in [0.1, 0.15) is 146 Å². The van der Waals surface area contributed by atoms with Gasteiger partial charge in [-0.1, -0.05) is 69.2 Å². The van der Waals surface area contributed by atoms with Crippen LogP contribution in [-0.2, 0) is 39.8 Å². The number of ether oxygens (including phenoxy) is 3. The molecule has 0 saturated carbocycles. The molecule has 2 aliphatic heterocycles. The number of unbranched alkanes of at least 4 members (excludes halogenated alkanes) is 2. The van der Waals surface area contributed by atoms with E-state index >= 15 is 0 Å². The van der Waals surface area contributed by atoms with Gasteiger partial charge in [-0.25, -0.2) is 9.59 Å². The second kappa shape index (κ2) is 22.0. The molecule has 332 valence electrons. The van der Waals surface area contributed by atoms with Crippen molar-refractivity contribution in [2.75, 3.05) is 6.54 Å². The summed E-state index contributed by atoms with van der Waals surface area (Å²) in [5.41, 5.74) is -0.761. The molecule has 59 heavy (non-hydrogen) atoms. The molecule has 0 spiro atoms. The second-order valence-electron chi connectivity index (χ2n) is 19.4. The van der Waals surface area contributed by atoms with Gasteiger partial charge in [-0.05, 0) is 112 Å². The molecule has 4 atom stereocenters. The van der Waals surface area contributed by atoms with Crippen molar-refractivity contribution in [2.24, 2.45) is 11.8 Å². The van der Waals surface area contributed by atoms with Gasteiger partial charge in [-0.3, -0.25) is 14.4 Å². The minimum Gasteiger partial charge on any atom is -0.462 e. The fourth-order valence-electron chi connectivity index (χ4n) is 8.18. The Labute approximate surface area is 353 Å². The summed E-state index contributed by atoms with van der Waals surface area (Å²) in [7, 11) is 0. The van der Waals surface area contributed by atoms with Gasteiger partial charge in [0.05, 0.1) is 18.1 Å². The van der Waals surface area contributed by atoms with E-state index in [0.717, 1.165) is 5.56 Å². The van der Waals surface area contributed by atoms with Crippen LogP contribution >= 0.6 is 0 Å². The van der Waals surface area contributed by atoms with E-state index in [0.29, 0.717) is 70.8 Å². The Hall–Kier alpha value is -3.97. The molecule has 13 heteroatoms. The highest BCUT2D eigenvalue weighted by molar-refractivity contribution is 5.92. The normalized spacial score (nSPS) is 20.0. The molecule has 3 N–H and O–H groups in total. The number of benzene rings is 1. The number of nitrogens with zero attached hydrogens (tertiary/aromatic N) is 2. The number of hydrogen-bond donors (Lipinski definition) is 3. The number of piperidine rings is 1. The number of hydrogen-bond acceptors (Lipinski definition) is 10. The minimum absolute atomic E-state index is 0.203. The lowest BCUT2D eigenvalue weighted by Crippen LogP contribution is -2.60. The summed E-state index contributed by atoms with van der Waals surface area (Å²) in [5, 5.41) is 17.8. The van der Waals surface area contributed by atoms with E-state index in [1.165, 1.54) is 5.06 Å². The first-order valence-corrected chi connectivity index (χ1v) is 21.7. The Morgan fingerprint density at radius 2 is 1.56 bits per heavy atom. The molecular formula is C46H74N4O9. The lowest BCUT2D eigenvalue weighted by atomic mass is 9.80. The molecule has 3 amide bonds. The molecule has 2 heterocycles. The molecule has 3 rings (SSSR count). The van der Waals surface area contributed by atoms with Gasteiger partial charge in [0.15, 0.2) is 0 Å². The SMILES string of the molecule is CC(C)C[C@@H](/C=C/[C@H](Cc1ccccc1)C(=O)N1CCC[C@H]1C(=O)N[C@H](CCCCCC(=O)OC1CC(C)(C)N(O)C(C)(C)C1)C(=O)OC(C)C)NC(=O)OC(C)(C)C. The smallest absolute Gasteiger partial charge is 0.408 e. The molecule has 2 aliphatic rings. The highest BCUT2D eigenvalue weighted by Gasteiger charge is 2.46. The van der Waals surface area contributed by atoms with Crippen molar-refractivity contribution in [2.45, 2.75) is 194 Å². The van der Waals surface area contributed by atoms with Gasteiger partial charge in [0.1, 0.15) is 23.8 Å². The lowest BCUT2D eigenvalue weighted by Gasteiger charge is -2.50. The Morgan fingerprint density at radius 3 is 2.15 bits per heavy atom. The van der Waals surface area contributed by atoms with Crippen LogP contribution in [0.2, 0.25) is 0 Å². The quantitative estimate of drug-likeness (QED) is 0.0546. The van der Waals surface area contributed by atoms with Gasteiger partial charge in [0, 0.05) is 36.9 Å². The van der Waals surface area contributed by atoms with E-state index < -0.39 is 52.7 Å². The number of amides is 3. The number of hydroxylamine groups is 2. The van der Waals surface area contributed by atoms with Crippen molar-refractivity contribution >= 4 is 29.8 Å². The van der Waals surface area contributed by atoms with E-state index in [4.69, 9.17) is 14.2 Å². The van der Waals surface area contributed by atoms with Gasteiger partial charge < -0.3 is 35.0 Å². The molecule has 2 saturated heterocycles. The zero-order valence-corrected chi connectivity index (χ0v) is 37.7. The number of esters is 2. The molecule has 0 aliphatic carbocycles. The van der Waals surface area contributed by atoms with E-state index in [1.807, 2.05) is 70.2 Å². The highest BCUT2D eigenvalue weighted by Crippen LogP contribution is 2.38. The first-order valence-electron chi connectivity index (χ1n) is 21.7. The Morgan fingerprint density at radius 1 is 0.915 bits per heavy atom. The topological polar surface area (TPSA) is 164 Å². The van der Waals surface area contributed by atoms with Crippen LogP contribution in [-0.4, -0.2) is 98.6 Å².